The lowest BCUT2D eigenvalue weighted by Gasteiger charge is -2.17. The van der Waals surface area contributed by atoms with Gasteiger partial charge in [0.15, 0.2) is 4.77 Å². The van der Waals surface area contributed by atoms with Crippen molar-refractivity contribution in [2.24, 2.45) is 0 Å². The Balaban J connectivity index is 2.10. The fraction of sp³-hybridized carbons (Fsp3) is 0.444. The summed E-state index contributed by atoms with van der Waals surface area (Å²) in [5.74, 6) is 0.0413. The summed E-state index contributed by atoms with van der Waals surface area (Å²) in [4.78, 5) is 13.7. The Bertz CT molecular complexity index is 742. The maximum Gasteiger partial charge on any atom is 0.234 e. The molecule has 0 unspecified atom stereocenters. The fourth-order valence-corrected chi connectivity index (χ4v) is 2.97. The number of rotatable bonds is 7. The van der Waals surface area contributed by atoms with Gasteiger partial charge in [-0.1, -0.05) is 13.0 Å². The molecule has 0 bridgehead atoms. The van der Waals surface area contributed by atoms with E-state index >= 15 is 0 Å². The molecule has 5 nitrogen and oxygen atoms in total. The standard InChI is InChI=1S/C18H26N4OS/c1-5-6-19-17(23)12-20(4)13-21-7-8-22(18(21)24)16-10-14(2)9-15(3)11-16/h7-11H,5-6,12-13H2,1-4H3,(H,19,23). The van der Waals surface area contributed by atoms with Crippen molar-refractivity contribution in [1.82, 2.24) is 19.4 Å². The Morgan fingerprint density at radius 3 is 2.50 bits per heavy atom. The van der Waals surface area contributed by atoms with E-state index in [4.69, 9.17) is 12.2 Å². The van der Waals surface area contributed by atoms with Gasteiger partial charge in [-0.15, -0.1) is 0 Å². The first-order chi connectivity index (χ1) is 11.4. The molecule has 24 heavy (non-hydrogen) atoms. The number of carbonyl (C=O) groups is 1. The zero-order chi connectivity index (χ0) is 17.7. The highest BCUT2D eigenvalue weighted by Gasteiger charge is 2.09. The molecular formula is C18H26N4OS. The Labute approximate surface area is 148 Å². The molecule has 0 saturated heterocycles. The summed E-state index contributed by atoms with van der Waals surface area (Å²) in [5.41, 5.74) is 3.49. The highest BCUT2D eigenvalue weighted by Crippen LogP contribution is 2.15. The van der Waals surface area contributed by atoms with Crippen molar-refractivity contribution in [3.05, 3.63) is 46.5 Å². The van der Waals surface area contributed by atoms with Crippen LogP contribution in [0.4, 0.5) is 0 Å². The molecule has 1 aromatic heterocycles. The minimum Gasteiger partial charge on any atom is -0.355 e. The molecule has 130 valence electrons. The largest absolute Gasteiger partial charge is 0.355 e. The van der Waals surface area contributed by atoms with Crippen LogP contribution in [0.5, 0.6) is 0 Å². The molecule has 0 atom stereocenters. The van der Waals surface area contributed by atoms with E-state index in [2.05, 4.69) is 37.4 Å². The fourth-order valence-electron chi connectivity index (χ4n) is 2.68. The van der Waals surface area contributed by atoms with E-state index in [9.17, 15) is 4.79 Å². The zero-order valence-electron chi connectivity index (χ0n) is 14.9. The second-order valence-corrected chi connectivity index (χ2v) is 6.64. The Hall–Kier alpha value is -1.92. The summed E-state index contributed by atoms with van der Waals surface area (Å²) in [6.07, 6.45) is 4.88. The number of hydrogen-bond acceptors (Lipinski definition) is 3. The van der Waals surface area contributed by atoms with Gasteiger partial charge in [-0.2, -0.15) is 0 Å². The van der Waals surface area contributed by atoms with Crippen molar-refractivity contribution in [3.63, 3.8) is 0 Å². The van der Waals surface area contributed by atoms with Crippen LogP contribution in [0.15, 0.2) is 30.6 Å². The van der Waals surface area contributed by atoms with Gasteiger partial charge in [0.25, 0.3) is 0 Å². The lowest BCUT2D eigenvalue weighted by Crippen LogP contribution is -2.36. The number of nitrogens with zero attached hydrogens (tertiary/aromatic N) is 3. The summed E-state index contributed by atoms with van der Waals surface area (Å²) in [7, 11) is 1.92. The van der Waals surface area contributed by atoms with E-state index < -0.39 is 0 Å². The number of hydrogen-bond donors (Lipinski definition) is 1. The van der Waals surface area contributed by atoms with Gasteiger partial charge in [0.2, 0.25) is 5.91 Å². The minimum absolute atomic E-state index is 0.0413. The molecule has 0 saturated carbocycles. The number of amides is 1. The molecule has 0 aliphatic heterocycles. The second kappa shape index (κ2) is 8.26. The Morgan fingerprint density at radius 1 is 1.21 bits per heavy atom. The van der Waals surface area contributed by atoms with Crippen molar-refractivity contribution in [3.8, 4) is 5.69 Å². The smallest absolute Gasteiger partial charge is 0.234 e. The van der Waals surface area contributed by atoms with Gasteiger partial charge in [0, 0.05) is 24.6 Å². The van der Waals surface area contributed by atoms with Gasteiger partial charge in [-0.05, 0) is 62.8 Å². The first-order valence-corrected chi connectivity index (χ1v) is 8.63. The maximum atomic E-state index is 11.8. The summed E-state index contributed by atoms with van der Waals surface area (Å²) < 4.78 is 4.70. The lowest BCUT2D eigenvalue weighted by molar-refractivity contribution is -0.122. The normalized spacial score (nSPS) is 11.0. The van der Waals surface area contributed by atoms with E-state index in [0.29, 0.717) is 13.2 Å². The van der Waals surface area contributed by atoms with Crippen LogP contribution >= 0.6 is 12.2 Å². The van der Waals surface area contributed by atoms with E-state index in [1.54, 1.807) is 0 Å². The molecule has 1 N–H and O–H groups in total. The van der Waals surface area contributed by atoms with Crippen LogP contribution in [0, 0.1) is 18.6 Å². The van der Waals surface area contributed by atoms with Crippen LogP contribution in [0.3, 0.4) is 0 Å². The van der Waals surface area contributed by atoms with Crippen LogP contribution in [0.25, 0.3) is 5.69 Å². The number of benzene rings is 1. The average Bonchev–Trinajstić information content (AvgIpc) is 2.85. The molecule has 0 radical (unpaired) electrons. The third kappa shape index (κ3) is 4.79. The van der Waals surface area contributed by atoms with E-state index in [1.807, 2.05) is 40.4 Å². The van der Waals surface area contributed by atoms with Crippen LogP contribution < -0.4 is 5.32 Å². The summed E-state index contributed by atoms with van der Waals surface area (Å²) >= 11 is 5.59. The number of nitrogens with one attached hydrogen (secondary N) is 1. The van der Waals surface area contributed by atoms with Gasteiger partial charge in [0.05, 0.1) is 13.2 Å². The van der Waals surface area contributed by atoms with Gasteiger partial charge >= 0.3 is 0 Å². The number of aromatic nitrogens is 2. The lowest BCUT2D eigenvalue weighted by atomic mass is 10.1. The molecular weight excluding hydrogens is 320 g/mol. The maximum absolute atomic E-state index is 11.8. The SMILES string of the molecule is CCCNC(=O)CN(C)Cn1ccn(-c2cc(C)cc(C)c2)c1=S. The first-order valence-electron chi connectivity index (χ1n) is 8.22. The molecule has 2 aromatic rings. The molecule has 6 heteroatoms. The van der Waals surface area contributed by atoms with Crippen molar-refractivity contribution < 1.29 is 4.79 Å². The topological polar surface area (TPSA) is 42.2 Å². The number of aryl methyl sites for hydroxylation is 2. The highest BCUT2D eigenvalue weighted by molar-refractivity contribution is 7.71. The molecule has 0 fully saturated rings. The molecule has 1 heterocycles. The van der Waals surface area contributed by atoms with Crippen molar-refractivity contribution in [1.29, 1.82) is 0 Å². The molecule has 1 aromatic carbocycles. The summed E-state index contributed by atoms with van der Waals surface area (Å²) in [6.45, 7) is 7.86. The Kier molecular flexibility index (Phi) is 6.34. The van der Waals surface area contributed by atoms with E-state index in [1.165, 1.54) is 11.1 Å². The summed E-state index contributed by atoms with van der Waals surface area (Å²) in [6, 6.07) is 6.39. The Morgan fingerprint density at radius 2 is 1.88 bits per heavy atom. The first kappa shape index (κ1) is 18.4. The predicted octanol–water partition coefficient (Wildman–Crippen LogP) is 3.04. The molecule has 2 rings (SSSR count). The van der Waals surface area contributed by atoms with Gasteiger partial charge in [-0.3, -0.25) is 14.3 Å². The van der Waals surface area contributed by atoms with Gasteiger partial charge in [-0.25, -0.2) is 0 Å². The monoisotopic (exact) mass is 346 g/mol. The number of imidazole rings is 1. The highest BCUT2D eigenvalue weighted by atomic mass is 32.1. The van der Waals surface area contributed by atoms with Gasteiger partial charge in [0.1, 0.15) is 0 Å². The van der Waals surface area contributed by atoms with Gasteiger partial charge < -0.3 is 9.88 Å². The van der Waals surface area contributed by atoms with Crippen LogP contribution in [-0.4, -0.2) is 40.1 Å². The molecule has 0 spiro atoms. The summed E-state index contributed by atoms with van der Waals surface area (Å²) in [5, 5.41) is 2.89. The van der Waals surface area contributed by atoms with E-state index in [-0.39, 0.29) is 5.91 Å². The van der Waals surface area contributed by atoms with Crippen molar-refractivity contribution in [2.45, 2.75) is 33.9 Å². The quantitative estimate of drug-likeness (QED) is 0.784. The minimum atomic E-state index is 0.0413. The number of likely N-dealkylation sites (N-methyl/N-ethyl adjacent to an activating group) is 1. The average molecular weight is 347 g/mol. The second-order valence-electron chi connectivity index (χ2n) is 6.27. The molecule has 0 aliphatic carbocycles. The van der Waals surface area contributed by atoms with E-state index in [0.717, 1.165) is 23.4 Å². The van der Waals surface area contributed by atoms with Crippen LogP contribution in [0.2, 0.25) is 0 Å². The van der Waals surface area contributed by atoms with Crippen LogP contribution in [0.1, 0.15) is 24.5 Å². The molecule has 1 amide bonds. The predicted molar refractivity (Wildman–Crippen MR) is 100.0 cm³/mol. The van der Waals surface area contributed by atoms with Crippen molar-refractivity contribution in [2.75, 3.05) is 20.1 Å². The number of carbonyl (C=O) groups excluding carboxylic acids is 1. The molecule has 0 aliphatic rings. The van der Waals surface area contributed by atoms with Crippen molar-refractivity contribution >= 4 is 18.1 Å². The third-order valence-electron chi connectivity index (χ3n) is 3.71. The zero-order valence-corrected chi connectivity index (χ0v) is 15.7. The third-order valence-corrected chi connectivity index (χ3v) is 4.14. The van der Waals surface area contributed by atoms with Crippen LogP contribution in [-0.2, 0) is 11.5 Å².